The van der Waals surface area contributed by atoms with Crippen LogP contribution in [0.4, 0.5) is 0 Å². The van der Waals surface area contributed by atoms with Crippen LogP contribution < -0.4 is 9.47 Å². The Morgan fingerprint density at radius 1 is 0.923 bits per heavy atom. The molecule has 2 aromatic rings. The molecular formula is C23H27NO2. The fraction of sp³-hybridized carbons (Fsp3) is 0.391. The zero-order chi connectivity index (χ0) is 17.9. The summed E-state index contributed by atoms with van der Waals surface area (Å²) in [6.45, 7) is 1.03. The molecule has 0 aromatic heterocycles. The Morgan fingerprint density at radius 2 is 1.65 bits per heavy atom. The average molecular weight is 349 g/mol. The molecule has 1 fully saturated rings. The molecule has 0 N–H and O–H groups in total. The lowest BCUT2D eigenvalue weighted by Crippen LogP contribution is -2.47. The predicted molar refractivity (Wildman–Crippen MR) is 106 cm³/mol. The summed E-state index contributed by atoms with van der Waals surface area (Å²) >= 11 is 0. The third-order valence-corrected chi connectivity index (χ3v) is 5.74. The van der Waals surface area contributed by atoms with E-state index in [1.807, 2.05) is 18.2 Å². The van der Waals surface area contributed by atoms with Crippen molar-refractivity contribution in [2.75, 3.05) is 14.2 Å². The topological polar surface area (TPSA) is 21.7 Å². The van der Waals surface area contributed by atoms with E-state index in [9.17, 15) is 0 Å². The van der Waals surface area contributed by atoms with Gasteiger partial charge in [0.05, 0.1) is 19.8 Å². The summed E-state index contributed by atoms with van der Waals surface area (Å²) in [6.07, 6.45) is 7.31. The minimum Gasteiger partial charge on any atom is -0.496 e. The summed E-state index contributed by atoms with van der Waals surface area (Å²) in [5.41, 5.74) is 3.91. The molecule has 0 saturated carbocycles. The van der Waals surface area contributed by atoms with E-state index in [0.29, 0.717) is 12.1 Å². The first-order valence-corrected chi connectivity index (χ1v) is 9.52. The average Bonchev–Trinajstić information content (AvgIpc) is 2.68. The van der Waals surface area contributed by atoms with Gasteiger partial charge in [-0.25, -0.2) is 0 Å². The maximum absolute atomic E-state index is 5.65. The van der Waals surface area contributed by atoms with E-state index in [0.717, 1.165) is 30.0 Å². The molecule has 0 aliphatic carbocycles. The standard InChI is InChI=1S/C23H27NO2/c1-25-21-12-7-13-22(26-2)23(21)18-14-19-10-6-11-20(15-18)24(19)16-17-8-4-3-5-9-17/h3-5,7-9,12-14,19-20H,6,10-11,15-16H2,1-2H3. The monoisotopic (exact) mass is 349 g/mol. The van der Waals surface area contributed by atoms with Crippen LogP contribution >= 0.6 is 0 Å². The number of nitrogens with zero attached hydrogens (tertiary/aromatic N) is 1. The zero-order valence-corrected chi connectivity index (χ0v) is 15.7. The predicted octanol–water partition coefficient (Wildman–Crippen LogP) is 4.91. The second kappa shape index (κ2) is 7.55. The number of piperidine rings is 1. The van der Waals surface area contributed by atoms with Crippen LogP contribution in [0, 0.1) is 0 Å². The molecule has 3 heteroatoms. The Balaban J connectivity index is 1.67. The molecule has 2 unspecified atom stereocenters. The molecule has 2 aliphatic heterocycles. The number of ether oxygens (including phenoxy) is 2. The van der Waals surface area contributed by atoms with Crippen molar-refractivity contribution in [2.45, 2.75) is 44.3 Å². The Kier molecular flexibility index (Phi) is 4.98. The highest BCUT2D eigenvalue weighted by molar-refractivity contribution is 5.77. The molecule has 2 atom stereocenters. The molecule has 0 amide bonds. The van der Waals surface area contributed by atoms with Crippen molar-refractivity contribution in [3.63, 3.8) is 0 Å². The van der Waals surface area contributed by atoms with Gasteiger partial charge in [0.2, 0.25) is 0 Å². The van der Waals surface area contributed by atoms with Crippen LogP contribution in [0.15, 0.2) is 54.6 Å². The lowest BCUT2D eigenvalue weighted by molar-refractivity contribution is 0.0950. The SMILES string of the molecule is COc1cccc(OC)c1C1=CC2CCCC(C1)N2Cc1ccccc1. The summed E-state index contributed by atoms with van der Waals surface area (Å²) in [5.74, 6) is 1.82. The van der Waals surface area contributed by atoms with Gasteiger partial charge in [0.1, 0.15) is 11.5 Å². The van der Waals surface area contributed by atoms with Gasteiger partial charge in [0.25, 0.3) is 0 Å². The Hall–Kier alpha value is -2.26. The normalized spacial score (nSPS) is 22.6. The van der Waals surface area contributed by atoms with Crippen molar-refractivity contribution in [2.24, 2.45) is 0 Å². The molecular weight excluding hydrogens is 322 g/mol. The molecule has 0 radical (unpaired) electrons. The Labute approximate surface area is 156 Å². The van der Waals surface area contributed by atoms with E-state index in [2.05, 4.69) is 41.3 Å². The lowest BCUT2D eigenvalue weighted by atomic mass is 9.82. The van der Waals surface area contributed by atoms with Gasteiger partial charge in [-0.15, -0.1) is 0 Å². The van der Waals surface area contributed by atoms with E-state index >= 15 is 0 Å². The van der Waals surface area contributed by atoms with Gasteiger partial charge in [0.15, 0.2) is 0 Å². The summed E-state index contributed by atoms with van der Waals surface area (Å²) in [7, 11) is 3.48. The molecule has 4 rings (SSSR count). The summed E-state index contributed by atoms with van der Waals surface area (Å²) in [5, 5.41) is 0. The van der Waals surface area contributed by atoms with E-state index in [4.69, 9.17) is 9.47 Å². The van der Waals surface area contributed by atoms with Gasteiger partial charge in [-0.1, -0.05) is 48.9 Å². The fourth-order valence-electron chi connectivity index (χ4n) is 4.51. The zero-order valence-electron chi connectivity index (χ0n) is 15.7. The highest BCUT2D eigenvalue weighted by Gasteiger charge is 2.35. The summed E-state index contributed by atoms with van der Waals surface area (Å²) in [4.78, 5) is 2.68. The maximum atomic E-state index is 5.65. The third kappa shape index (κ3) is 3.24. The summed E-state index contributed by atoms with van der Waals surface area (Å²) < 4.78 is 11.3. The number of methoxy groups -OCH3 is 2. The van der Waals surface area contributed by atoms with Gasteiger partial charge in [-0.2, -0.15) is 0 Å². The van der Waals surface area contributed by atoms with Crippen molar-refractivity contribution < 1.29 is 9.47 Å². The minimum atomic E-state index is 0.493. The Morgan fingerprint density at radius 3 is 2.31 bits per heavy atom. The van der Waals surface area contributed by atoms with E-state index in [1.54, 1.807) is 14.2 Å². The molecule has 136 valence electrons. The highest BCUT2D eigenvalue weighted by Crippen LogP contribution is 2.43. The number of benzene rings is 2. The van der Waals surface area contributed by atoms with E-state index in [1.165, 1.54) is 30.4 Å². The van der Waals surface area contributed by atoms with Gasteiger partial charge in [-0.3, -0.25) is 4.90 Å². The largest absolute Gasteiger partial charge is 0.496 e. The molecule has 26 heavy (non-hydrogen) atoms. The van der Waals surface area contributed by atoms with Crippen LogP contribution in [0.5, 0.6) is 11.5 Å². The second-order valence-corrected chi connectivity index (χ2v) is 7.24. The first kappa shape index (κ1) is 17.2. The van der Waals surface area contributed by atoms with Gasteiger partial charge >= 0.3 is 0 Å². The van der Waals surface area contributed by atoms with E-state index in [-0.39, 0.29) is 0 Å². The van der Waals surface area contributed by atoms with Crippen molar-refractivity contribution in [3.8, 4) is 11.5 Å². The maximum Gasteiger partial charge on any atom is 0.130 e. The number of rotatable bonds is 5. The minimum absolute atomic E-state index is 0.493. The molecule has 2 aromatic carbocycles. The van der Waals surface area contributed by atoms with E-state index < -0.39 is 0 Å². The highest BCUT2D eigenvalue weighted by atomic mass is 16.5. The van der Waals surface area contributed by atoms with Crippen molar-refractivity contribution in [1.29, 1.82) is 0 Å². The molecule has 1 saturated heterocycles. The number of fused-ring (bicyclic) bond motifs is 2. The van der Waals surface area contributed by atoms with Gasteiger partial charge in [0, 0.05) is 18.6 Å². The molecule has 0 spiro atoms. The number of hydrogen-bond acceptors (Lipinski definition) is 3. The summed E-state index contributed by atoms with van der Waals surface area (Å²) in [6, 6.07) is 18.0. The smallest absolute Gasteiger partial charge is 0.130 e. The second-order valence-electron chi connectivity index (χ2n) is 7.24. The van der Waals surface area contributed by atoms with Crippen molar-refractivity contribution >= 4 is 5.57 Å². The van der Waals surface area contributed by atoms with Crippen molar-refractivity contribution in [1.82, 2.24) is 4.90 Å². The van der Waals surface area contributed by atoms with Crippen LogP contribution in [0.3, 0.4) is 0 Å². The third-order valence-electron chi connectivity index (χ3n) is 5.74. The van der Waals surface area contributed by atoms with Crippen LogP contribution in [0.25, 0.3) is 5.57 Å². The fourth-order valence-corrected chi connectivity index (χ4v) is 4.51. The van der Waals surface area contributed by atoms with Crippen LogP contribution in [-0.2, 0) is 6.54 Å². The first-order valence-electron chi connectivity index (χ1n) is 9.52. The first-order chi connectivity index (χ1) is 12.8. The molecule has 2 heterocycles. The van der Waals surface area contributed by atoms with Crippen LogP contribution in [0.1, 0.15) is 36.8 Å². The van der Waals surface area contributed by atoms with Gasteiger partial charge < -0.3 is 9.47 Å². The quantitative estimate of drug-likeness (QED) is 0.765. The molecule has 2 aliphatic rings. The van der Waals surface area contributed by atoms with Crippen LogP contribution in [0.2, 0.25) is 0 Å². The molecule has 2 bridgehead atoms. The Bertz CT molecular complexity index is 762. The number of hydrogen-bond donors (Lipinski definition) is 0. The lowest BCUT2D eigenvalue weighted by Gasteiger charge is -2.45. The molecule has 3 nitrogen and oxygen atoms in total. The van der Waals surface area contributed by atoms with Gasteiger partial charge in [-0.05, 0) is 42.5 Å². The van der Waals surface area contributed by atoms with Crippen LogP contribution in [-0.4, -0.2) is 31.2 Å². The van der Waals surface area contributed by atoms with Crippen molar-refractivity contribution in [3.05, 3.63) is 65.7 Å².